The first-order valence-electron chi connectivity index (χ1n) is 4.63. The van der Waals surface area contributed by atoms with Gasteiger partial charge in [-0.3, -0.25) is 4.79 Å². The molecule has 0 spiro atoms. The second-order valence-electron chi connectivity index (χ2n) is 3.05. The number of aromatic nitrogens is 2. The second kappa shape index (κ2) is 9.45. The van der Waals surface area contributed by atoms with Crippen molar-refractivity contribution >= 4 is 30.8 Å². The van der Waals surface area contributed by atoms with E-state index in [1.165, 1.54) is 0 Å². The van der Waals surface area contributed by atoms with Gasteiger partial charge in [-0.2, -0.15) is 0 Å². The zero-order valence-corrected chi connectivity index (χ0v) is 10.6. The highest BCUT2D eigenvalue weighted by atomic mass is 35.5. The Hall–Kier alpha value is -0.780. The molecule has 1 heterocycles. The standard InChI is InChI=1S/C9H15N3O2.2ClH/c1-2-3-14-9(13)8(10)4-7-5-11-6-12-7;;/h5-6,8H,2-4,10H2,1H3,(H,11,12);2*1H. The fraction of sp³-hybridized carbons (Fsp3) is 0.556. The molecular weight excluding hydrogens is 253 g/mol. The third-order valence-corrected chi connectivity index (χ3v) is 1.75. The number of nitrogens with one attached hydrogen (secondary N) is 1. The van der Waals surface area contributed by atoms with E-state index in [0.29, 0.717) is 13.0 Å². The number of halogens is 2. The Balaban J connectivity index is 0. The smallest absolute Gasteiger partial charge is 0.323 e. The number of esters is 1. The number of ether oxygens (including phenoxy) is 1. The quantitative estimate of drug-likeness (QED) is 0.784. The summed E-state index contributed by atoms with van der Waals surface area (Å²) in [6.07, 6.45) is 4.44. The number of carbonyl (C=O) groups excluding carboxylic acids is 1. The maximum absolute atomic E-state index is 11.2. The van der Waals surface area contributed by atoms with Crippen LogP contribution in [0.3, 0.4) is 0 Å². The maximum atomic E-state index is 11.2. The first kappa shape index (κ1) is 17.6. The van der Waals surface area contributed by atoms with Crippen LogP contribution < -0.4 is 5.73 Å². The molecule has 7 heteroatoms. The first-order chi connectivity index (χ1) is 6.74. The molecule has 0 aliphatic rings. The van der Waals surface area contributed by atoms with Gasteiger partial charge in [0.1, 0.15) is 6.04 Å². The number of H-pyrrole nitrogens is 1. The van der Waals surface area contributed by atoms with Gasteiger partial charge in [-0.25, -0.2) is 4.98 Å². The molecule has 0 saturated carbocycles. The number of nitrogens with two attached hydrogens (primary N) is 1. The van der Waals surface area contributed by atoms with E-state index < -0.39 is 6.04 Å². The zero-order valence-electron chi connectivity index (χ0n) is 9.01. The molecule has 1 aromatic heterocycles. The van der Waals surface area contributed by atoms with E-state index in [4.69, 9.17) is 10.5 Å². The van der Waals surface area contributed by atoms with E-state index in [2.05, 4.69) is 9.97 Å². The lowest BCUT2D eigenvalue weighted by Crippen LogP contribution is -2.34. The summed E-state index contributed by atoms with van der Waals surface area (Å²) in [5, 5.41) is 0. The molecule has 1 aromatic rings. The molecule has 16 heavy (non-hydrogen) atoms. The summed E-state index contributed by atoms with van der Waals surface area (Å²) in [4.78, 5) is 18.0. The van der Waals surface area contributed by atoms with Crippen LogP contribution in [0.15, 0.2) is 12.5 Å². The topological polar surface area (TPSA) is 81.0 Å². The molecule has 0 aliphatic heterocycles. The van der Waals surface area contributed by atoms with Gasteiger partial charge in [-0.15, -0.1) is 24.8 Å². The summed E-state index contributed by atoms with van der Waals surface area (Å²) in [6.45, 7) is 2.36. The third-order valence-electron chi connectivity index (χ3n) is 1.75. The van der Waals surface area contributed by atoms with E-state index in [1.807, 2.05) is 6.92 Å². The highest BCUT2D eigenvalue weighted by molar-refractivity contribution is 5.85. The minimum absolute atomic E-state index is 0. The van der Waals surface area contributed by atoms with Gasteiger partial charge < -0.3 is 15.5 Å². The Kier molecular flexibility index (Phi) is 10.4. The van der Waals surface area contributed by atoms with Gasteiger partial charge in [0.2, 0.25) is 0 Å². The zero-order chi connectivity index (χ0) is 10.4. The van der Waals surface area contributed by atoms with Crippen LogP contribution >= 0.6 is 24.8 Å². The van der Waals surface area contributed by atoms with Gasteiger partial charge >= 0.3 is 5.97 Å². The predicted octanol–water partition coefficient (Wildman–Crippen LogP) is 1.08. The Morgan fingerprint density at radius 3 is 2.81 bits per heavy atom. The maximum Gasteiger partial charge on any atom is 0.323 e. The van der Waals surface area contributed by atoms with Crippen molar-refractivity contribution in [1.82, 2.24) is 9.97 Å². The molecule has 0 aliphatic carbocycles. The molecule has 0 bridgehead atoms. The first-order valence-corrected chi connectivity index (χ1v) is 4.63. The molecule has 1 unspecified atom stereocenters. The fourth-order valence-electron chi connectivity index (χ4n) is 1.03. The van der Waals surface area contributed by atoms with Crippen molar-refractivity contribution in [2.24, 2.45) is 5.73 Å². The number of imidazole rings is 1. The van der Waals surface area contributed by atoms with Gasteiger partial charge in [-0.05, 0) is 6.42 Å². The van der Waals surface area contributed by atoms with Gasteiger partial charge in [0.05, 0.1) is 12.9 Å². The Labute approximate surface area is 107 Å². The SMILES string of the molecule is CCCOC(=O)C(N)Cc1cnc[nH]1.Cl.Cl. The summed E-state index contributed by atoms with van der Waals surface area (Å²) in [6, 6.07) is -0.609. The molecule has 0 amide bonds. The van der Waals surface area contributed by atoms with Crippen molar-refractivity contribution in [3.05, 3.63) is 18.2 Å². The van der Waals surface area contributed by atoms with E-state index in [-0.39, 0.29) is 30.8 Å². The third kappa shape index (κ3) is 5.95. The average molecular weight is 270 g/mol. The van der Waals surface area contributed by atoms with Gasteiger partial charge in [0.15, 0.2) is 0 Å². The normalized spacial score (nSPS) is 10.9. The lowest BCUT2D eigenvalue weighted by atomic mass is 10.2. The van der Waals surface area contributed by atoms with E-state index in [1.54, 1.807) is 12.5 Å². The van der Waals surface area contributed by atoms with Gasteiger partial charge in [0, 0.05) is 18.3 Å². The molecule has 0 radical (unpaired) electrons. The molecule has 94 valence electrons. The second-order valence-corrected chi connectivity index (χ2v) is 3.05. The van der Waals surface area contributed by atoms with Gasteiger partial charge in [-0.1, -0.05) is 6.92 Å². The van der Waals surface area contributed by atoms with Crippen molar-refractivity contribution in [2.75, 3.05) is 6.61 Å². The van der Waals surface area contributed by atoms with Crippen LogP contribution in [-0.2, 0) is 16.0 Å². The molecule has 3 N–H and O–H groups in total. The number of rotatable bonds is 5. The summed E-state index contributed by atoms with van der Waals surface area (Å²) in [5.74, 6) is -0.360. The van der Waals surface area contributed by atoms with Crippen LogP contribution in [0.1, 0.15) is 19.0 Å². The highest BCUT2D eigenvalue weighted by Crippen LogP contribution is 1.98. The van der Waals surface area contributed by atoms with Crippen molar-refractivity contribution in [2.45, 2.75) is 25.8 Å². The Morgan fingerprint density at radius 2 is 2.31 bits per heavy atom. The van der Waals surface area contributed by atoms with Crippen molar-refractivity contribution in [3.63, 3.8) is 0 Å². The van der Waals surface area contributed by atoms with Crippen LogP contribution in [0.2, 0.25) is 0 Å². The summed E-state index contributed by atoms with van der Waals surface area (Å²) in [5.41, 5.74) is 6.47. The van der Waals surface area contributed by atoms with Crippen LogP contribution in [0.25, 0.3) is 0 Å². The average Bonchev–Trinajstić information content (AvgIpc) is 2.66. The summed E-state index contributed by atoms with van der Waals surface area (Å²) >= 11 is 0. The summed E-state index contributed by atoms with van der Waals surface area (Å²) < 4.78 is 4.90. The van der Waals surface area contributed by atoms with E-state index >= 15 is 0 Å². The molecule has 0 fully saturated rings. The van der Waals surface area contributed by atoms with Crippen molar-refractivity contribution in [3.8, 4) is 0 Å². The van der Waals surface area contributed by atoms with Crippen LogP contribution in [-0.4, -0.2) is 28.6 Å². The van der Waals surface area contributed by atoms with Crippen molar-refractivity contribution < 1.29 is 9.53 Å². The molecule has 1 rings (SSSR count). The van der Waals surface area contributed by atoms with Crippen molar-refractivity contribution in [1.29, 1.82) is 0 Å². The number of hydrogen-bond acceptors (Lipinski definition) is 4. The molecule has 5 nitrogen and oxygen atoms in total. The number of hydrogen-bond donors (Lipinski definition) is 2. The minimum atomic E-state index is -0.609. The van der Waals surface area contributed by atoms with E-state index in [0.717, 1.165) is 12.1 Å². The molecular formula is C9H17Cl2N3O2. The number of aromatic amines is 1. The monoisotopic (exact) mass is 269 g/mol. The van der Waals surface area contributed by atoms with Gasteiger partial charge in [0.25, 0.3) is 0 Å². The Bertz CT molecular complexity index is 280. The fourth-order valence-corrected chi connectivity index (χ4v) is 1.03. The molecule has 1 atom stereocenters. The minimum Gasteiger partial charge on any atom is -0.465 e. The highest BCUT2D eigenvalue weighted by Gasteiger charge is 2.15. The number of nitrogens with zero attached hydrogens (tertiary/aromatic N) is 1. The number of carbonyl (C=O) groups is 1. The summed E-state index contributed by atoms with van der Waals surface area (Å²) in [7, 11) is 0. The van der Waals surface area contributed by atoms with Crippen LogP contribution in [0.5, 0.6) is 0 Å². The van der Waals surface area contributed by atoms with Crippen LogP contribution in [0.4, 0.5) is 0 Å². The van der Waals surface area contributed by atoms with E-state index in [9.17, 15) is 4.79 Å². The largest absolute Gasteiger partial charge is 0.465 e. The molecule has 0 saturated heterocycles. The lowest BCUT2D eigenvalue weighted by molar-refractivity contribution is -0.145. The lowest BCUT2D eigenvalue weighted by Gasteiger charge is -2.09. The Morgan fingerprint density at radius 1 is 1.62 bits per heavy atom. The molecule has 0 aromatic carbocycles. The van der Waals surface area contributed by atoms with Crippen LogP contribution in [0, 0.1) is 0 Å². The predicted molar refractivity (Wildman–Crippen MR) is 66.0 cm³/mol.